The van der Waals surface area contributed by atoms with Gasteiger partial charge in [-0.2, -0.15) is 0 Å². The Bertz CT molecular complexity index is 1970. The number of nitrogen functional groups attached to an aromatic ring is 1. The number of aromatic nitrogens is 3. The normalized spacial score (nSPS) is 27.1. The smallest absolute Gasteiger partial charge is 0.257 e. The molecule has 0 spiro atoms. The number of fused-ring (bicyclic) bond motifs is 8. The van der Waals surface area contributed by atoms with Crippen molar-refractivity contribution in [2.75, 3.05) is 24.6 Å². The van der Waals surface area contributed by atoms with E-state index in [0.717, 1.165) is 40.7 Å². The number of hydrazine groups is 1. The Balaban J connectivity index is 0.879. The third-order valence-electron chi connectivity index (χ3n) is 13.0. The van der Waals surface area contributed by atoms with Gasteiger partial charge in [-0.3, -0.25) is 19.2 Å². The Morgan fingerprint density at radius 3 is 2.61 bits per heavy atom. The molecule has 4 fully saturated rings. The molecule has 4 heterocycles. The predicted molar refractivity (Wildman–Crippen MR) is 224 cm³/mol. The number of Topliss-reactive ketones (excluding diaryl/α,β-unsaturated/α-hetero) is 1. The first kappa shape index (κ1) is 41.6. The molecule has 13 nitrogen and oxygen atoms in total. The number of anilines is 1. The van der Waals surface area contributed by atoms with Crippen LogP contribution >= 0.6 is 11.8 Å². The van der Waals surface area contributed by atoms with Crippen LogP contribution in [0.25, 0.3) is 21.9 Å². The molecule has 2 saturated carbocycles. The number of thioether (sulfide) groups is 1. The fourth-order valence-electron chi connectivity index (χ4n) is 10.1. The van der Waals surface area contributed by atoms with Gasteiger partial charge in [-0.05, 0) is 77.2 Å². The Kier molecular flexibility index (Phi) is 12.9. The fourth-order valence-corrected chi connectivity index (χ4v) is 11.1. The summed E-state index contributed by atoms with van der Waals surface area (Å²) in [6, 6.07) is 7.94. The summed E-state index contributed by atoms with van der Waals surface area (Å²) < 4.78 is 7.79. The number of hydrogen-bond donors (Lipinski definition) is 4. The average Bonchev–Trinajstić information content (AvgIpc) is 3.83. The molecule has 2 bridgehead atoms. The SMILES string of the molecule is CCOCc1nc2c(N)nc3ccccc3c2n1CC(C)(C)NN1C(=O)CC(SCC(=O)NCCCCC2NC3C4CCCCCCCCC(C4)C3(C)C2=O)C1=O. The minimum absolute atomic E-state index is 0.0142. The highest BCUT2D eigenvalue weighted by atomic mass is 32.2. The number of rotatable bonds is 15. The number of ketones is 1. The number of hydrogen-bond acceptors (Lipinski definition) is 11. The predicted octanol–water partition coefficient (Wildman–Crippen LogP) is 5.82. The van der Waals surface area contributed by atoms with Crippen molar-refractivity contribution in [1.29, 1.82) is 0 Å². The zero-order valence-corrected chi connectivity index (χ0v) is 35.1. The largest absolute Gasteiger partial charge is 0.382 e. The van der Waals surface area contributed by atoms with Gasteiger partial charge < -0.3 is 25.7 Å². The molecule has 5 N–H and O–H groups in total. The molecule has 4 aliphatic rings. The van der Waals surface area contributed by atoms with E-state index in [-0.39, 0.29) is 48.0 Å². The number of amides is 3. The minimum Gasteiger partial charge on any atom is -0.382 e. The van der Waals surface area contributed by atoms with Crippen LogP contribution in [0.5, 0.6) is 0 Å². The number of nitrogens with zero attached hydrogens (tertiary/aromatic N) is 4. The van der Waals surface area contributed by atoms with E-state index in [1.54, 1.807) is 0 Å². The first-order chi connectivity index (χ1) is 27.4. The topological polar surface area (TPSA) is 174 Å². The van der Waals surface area contributed by atoms with Gasteiger partial charge in [0.1, 0.15) is 17.9 Å². The van der Waals surface area contributed by atoms with E-state index in [4.69, 9.17) is 15.5 Å². The number of imide groups is 1. The van der Waals surface area contributed by atoms with E-state index in [1.165, 1.54) is 69.5 Å². The summed E-state index contributed by atoms with van der Waals surface area (Å²) in [5, 5.41) is 8.14. The maximum Gasteiger partial charge on any atom is 0.257 e. The molecule has 0 radical (unpaired) electrons. The molecule has 3 amide bonds. The van der Waals surface area contributed by atoms with Gasteiger partial charge in [0.15, 0.2) is 11.6 Å². The summed E-state index contributed by atoms with van der Waals surface area (Å²) in [4.78, 5) is 62.8. The maximum absolute atomic E-state index is 13.9. The van der Waals surface area contributed by atoms with Crippen LogP contribution in [0, 0.1) is 17.3 Å². The highest BCUT2D eigenvalue weighted by molar-refractivity contribution is 8.01. The number of unbranched alkanes of at least 4 members (excludes halogenated alkanes) is 1. The van der Waals surface area contributed by atoms with Crippen molar-refractivity contribution >= 4 is 63.0 Å². The van der Waals surface area contributed by atoms with Gasteiger partial charge in [-0.1, -0.05) is 63.6 Å². The molecule has 57 heavy (non-hydrogen) atoms. The lowest BCUT2D eigenvalue weighted by atomic mass is 9.72. The Morgan fingerprint density at radius 2 is 1.82 bits per heavy atom. The van der Waals surface area contributed by atoms with Crippen molar-refractivity contribution in [1.82, 2.24) is 35.6 Å². The minimum atomic E-state index is -0.777. The van der Waals surface area contributed by atoms with E-state index in [1.807, 2.05) is 49.6 Å². The van der Waals surface area contributed by atoms with Gasteiger partial charge in [0.05, 0.1) is 33.6 Å². The highest BCUT2D eigenvalue weighted by Crippen LogP contribution is 2.54. The summed E-state index contributed by atoms with van der Waals surface area (Å²) in [6.45, 7) is 9.64. The van der Waals surface area contributed by atoms with Crippen LogP contribution < -0.4 is 21.8 Å². The molecule has 2 aliphatic heterocycles. The van der Waals surface area contributed by atoms with Crippen LogP contribution in [0.4, 0.5) is 5.82 Å². The summed E-state index contributed by atoms with van der Waals surface area (Å²) >= 11 is 1.19. The highest BCUT2D eigenvalue weighted by Gasteiger charge is 2.61. The summed E-state index contributed by atoms with van der Waals surface area (Å²) in [6.07, 6.45) is 13.8. The molecule has 6 atom stereocenters. The van der Waals surface area contributed by atoms with Crippen molar-refractivity contribution in [2.24, 2.45) is 17.3 Å². The van der Waals surface area contributed by atoms with E-state index in [2.05, 4.69) is 28.0 Å². The van der Waals surface area contributed by atoms with Gasteiger partial charge in [-0.25, -0.2) is 20.4 Å². The van der Waals surface area contributed by atoms with Crippen molar-refractivity contribution in [3.05, 3.63) is 30.1 Å². The molecule has 2 saturated heterocycles. The van der Waals surface area contributed by atoms with E-state index >= 15 is 0 Å². The zero-order chi connectivity index (χ0) is 40.3. The molecule has 2 aliphatic carbocycles. The first-order valence-corrected chi connectivity index (χ1v) is 22.4. The number of carbonyl (C=O) groups is 4. The van der Waals surface area contributed by atoms with Crippen molar-refractivity contribution in [2.45, 2.75) is 147 Å². The summed E-state index contributed by atoms with van der Waals surface area (Å²) in [5.74, 6) is 1.71. The second-order valence-corrected chi connectivity index (χ2v) is 18.8. The number of para-hydroxylation sites is 1. The number of benzene rings is 1. The van der Waals surface area contributed by atoms with E-state index in [0.29, 0.717) is 60.5 Å². The lowest BCUT2D eigenvalue weighted by molar-refractivity contribution is -0.144. The lowest BCUT2D eigenvalue weighted by Gasteiger charge is -2.32. The Morgan fingerprint density at radius 1 is 1.07 bits per heavy atom. The second-order valence-electron chi connectivity index (χ2n) is 17.6. The number of nitrogens with two attached hydrogens (primary N) is 1. The molecule has 7 rings (SSSR count). The quantitative estimate of drug-likeness (QED) is 0.108. The molecule has 310 valence electrons. The second kappa shape index (κ2) is 17.7. The van der Waals surface area contributed by atoms with E-state index in [9.17, 15) is 19.2 Å². The van der Waals surface area contributed by atoms with Gasteiger partial charge in [0.2, 0.25) is 11.8 Å². The maximum atomic E-state index is 13.9. The number of imidazole rings is 1. The van der Waals surface area contributed by atoms with Gasteiger partial charge >= 0.3 is 0 Å². The standard InChI is InChI=1S/C43H62N8O5S/c1-5-56-24-33-48-36-37(29-18-12-13-19-30(29)47-40(36)44)50(33)26-42(2,3)49-51-35(53)23-32(41(51)55)57-25-34(52)45-21-15-14-20-31-39(54)43(4)28-17-11-9-7-6-8-10-16-27(22-28)38(43)46-31/h12-13,18-19,27-28,31-32,38,46,49H,5-11,14-17,20-26H2,1-4H3,(H2,44,47)(H,45,52). The zero-order valence-electron chi connectivity index (χ0n) is 34.2. The van der Waals surface area contributed by atoms with E-state index < -0.39 is 10.8 Å². The van der Waals surface area contributed by atoms with Gasteiger partial charge in [0, 0.05) is 43.0 Å². The molecule has 1 aromatic carbocycles. The number of carbonyl (C=O) groups excluding carboxylic acids is 4. The molecule has 2 aromatic heterocycles. The molecular formula is C43H62N8O5S. The third kappa shape index (κ3) is 8.74. The van der Waals surface area contributed by atoms with Gasteiger partial charge in [0.25, 0.3) is 5.91 Å². The summed E-state index contributed by atoms with van der Waals surface area (Å²) in [5.41, 5.74) is 10.7. The monoisotopic (exact) mass is 802 g/mol. The number of nitrogens with one attached hydrogen (secondary N) is 3. The van der Waals surface area contributed by atoms with Crippen LogP contribution in [0.2, 0.25) is 0 Å². The van der Waals surface area contributed by atoms with Crippen LogP contribution in [0.1, 0.15) is 117 Å². The number of ether oxygens (including phenoxy) is 1. The van der Waals surface area contributed by atoms with Crippen LogP contribution in [0.15, 0.2) is 24.3 Å². The third-order valence-corrected chi connectivity index (χ3v) is 14.2. The Labute approximate surface area is 340 Å². The average molecular weight is 803 g/mol. The van der Waals surface area contributed by atoms with Crippen molar-refractivity contribution in [3.8, 4) is 0 Å². The van der Waals surface area contributed by atoms with Crippen molar-refractivity contribution < 1.29 is 23.9 Å². The lowest BCUT2D eigenvalue weighted by Crippen LogP contribution is -2.55. The van der Waals surface area contributed by atoms with Crippen molar-refractivity contribution in [3.63, 3.8) is 0 Å². The summed E-state index contributed by atoms with van der Waals surface area (Å²) in [7, 11) is 0. The Hall–Kier alpha value is -3.59. The molecular weight excluding hydrogens is 741 g/mol. The van der Waals surface area contributed by atoms with Crippen LogP contribution in [-0.2, 0) is 37.1 Å². The molecule has 3 aromatic rings. The fraction of sp³-hybridized carbons (Fsp3) is 0.674. The molecule has 6 unspecified atom stereocenters. The first-order valence-electron chi connectivity index (χ1n) is 21.4. The van der Waals surface area contributed by atoms with Crippen LogP contribution in [-0.4, -0.2) is 84.8 Å². The molecule has 14 heteroatoms. The van der Waals surface area contributed by atoms with Gasteiger partial charge in [-0.15, -0.1) is 11.8 Å². The number of pyridine rings is 1. The van der Waals surface area contributed by atoms with Crippen LogP contribution in [0.3, 0.4) is 0 Å².